The predicted octanol–water partition coefficient (Wildman–Crippen LogP) is 1.07. The molecule has 0 aliphatic rings. The van der Waals surface area contributed by atoms with E-state index in [-0.39, 0.29) is 5.97 Å². The predicted molar refractivity (Wildman–Crippen MR) is 71.0 cm³/mol. The van der Waals surface area contributed by atoms with Gasteiger partial charge < -0.3 is 20.2 Å². The summed E-state index contributed by atoms with van der Waals surface area (Å²) >= 11 is 0. The van der Waals surface area contributed by atoms with Crippen molar-refractivity contribution in [1.29, 1.82) is 0 Å². The van der Waals surface area contributed by atoms with Gasteiger partial charge in [-0.15, -0.1) is 0 Å². The molecule has 0 saturated heterocycles. The maximum absolute atomic E-state index is 11.5. The molecule has 1 heterocycles. The second kappa shape index (κ2) is 5.05. The fraction of sp³-hybridized carbons (Fsp3) is 0.333. The lowest BCUT2D eigenvalue weighted by Gasteiger charge is -2.15. The van der Waals surface area contributed by atoms with Crippen LogP contribution in [0, 0.1) is 0 Å². The number of fused-ring (bicyclic) bond motifs is 1. The number of hydrogen-bond acceptors (Lipinski definition) is 6. The maximum atomic E-state index is 11.5. The molecule has 0 aliphatic heterocycles. The topological polar surface area (TPSA) is 110 Å². The van der Waals surface area contributed by atoms with E-state index < -0.39 is 11.8 Å². The molecule has 1 atom stereocenters. The highest BCUT2D eigenvalue weighted by atomic mass is 16.5. The Morgan fingerprint density at radius 3 is 3.00 bits per heavy atom. The number of nitrogens with two attached hydrogens (primary N) is 1. The fourth-order valence-electron chi connectivity index (χ4n) is 1.70. The summed E-state index contributed by atoms with van der Waals surface area (Å²) in [5.41, 5.74) is 7.63. The molecular formula is C12H15N3O4. The van der Waals surface area contributed by atoms with Gasteiger partial charge in [0.2, 0.25) is 0 Å². The first kappa shape index (κ1) is 13.0. The first-order valence-corrected chi connectivity index (χ1v) is 5.86. The molecule has 7 nitrogen and oxygen atoms in total. The fourth-order valence-corrected chi connectivity index (χ4v) is 1.70. The van der Waals surface area contributed by atoms with Gasteiger partial charge in [0.15, 0.2) is 5.58 Å². The van der Waals surface area contributed by atoms with Gasteiger partial charge in [0.05, 0.1) is 23.5 Å². The number of anilines is 2. The molecule has 0 spiro atoms. The molecule has 1 aromatic carbocycles. The summed E-state index contributed by atoms with van der Waals surface area (Å²) in [6, 6.07) is 2.59. The van der Waals surface area contributed by atoms with Crippen LogP contribution in [-0.4, -0.2) is 23.6 Å². The number of carbonyl (C=O) groups is 1. The van der Waals surface area contributed by atoms with Crippen molar-refractivity contribution in [1.82, 2.24) is 4.98 Å². The van der Waals surface area contributed by atoms with Gasteiger partial charge in [-0.1, -0.05) is 0 Å². The van der Waals surface area contributed by atoms with Gasteiger partial charge in [-0.25, -0.2) is 9.59 Å². The van der Waals surface area contributed by atoms with Crippen molar-refractivity contribution >= 4 is 28.4 Å². The lowest BCUT2D eigenvalue weighted by atomic mass is 10.2. The molecule has 2 aromatic rings. The molecule has 1 aromatic heterocycles. The molecule has 0 radical (unpaired) electrons. The number of esters is 1. The summed E-state index contributed by atoms with van der Waals surface area (Å²) in [5.74, 6) is -0.923. The molecule has 0 amide bonds. The molecule has 19 heavy (non-hydrogen) atoms. The summed E-state index contributed by atoms with van der Waals surface area (Å²) in [4.78, 5) is 25.1. The van der Waals surface area contributed by atoms with E-state index in [1.165, 1.54) is 6.07 Å². The second-order valence-corrected chi connectivity index (χ2v) is 4.07. The number of benzene rings is 1. The lowest BCUT2D eigenvalue weighted by Crippen LogP contribution is -2.28. The van der Waals surface area contributed by atoms with E-state index in [4.69, 9.17) is 14.9 Å². The first-order valence-electron chi connectivity index (χ1n) is 5.86. The van der Waals surface area contributed by atoms with Gasteiger partial charge in [-0.05, 0) is 19.9 Å². The molecule has 0 aliphatic carbocycles. The van der Waals surface area contributed by atoms with Crippen LogP contribution in [0.1, 0.15) is 13.8 Å². The molecule has 0 saturated carbocycles. The highest BCUT2D eigenvalue weighted by Gasteiger charge is 2.15. The Hall–Kier alpha value is -2.44. The number of ether oxygens (including phenoxy) is 1. The number of aromatic nitrogens is 1. The molecule has 1 unspecified atom stereocenters. The SMILES string of the molecule is CCOC(=O)C(C)Nc1cc2[nH]c(=O)oc2cc1N. The molecule has 2 rings (SSSR count). The Kier molecular flexibility index (Phi) is 3.46. The Bertz CT molecular complexity index is 659. The zero-order valence-electron chi connectivity index (χ0n) is 10.6. The van der Waals surface area contributed by atoms with Crippen molar-refractivity contribution in [3.63, 3.8) is 0 Å². The van der Waals surface area contributed by atoms with Gasteiger partial charge in [0.25, 0.3) is 0 Å². The number of carbonyl (C=O) groups excluding carboxylic acids is 1. The number of oxazole rings is 1. The third kappa shape index (κ3) is 2.70. The van der Waals surface area contributed by atoms with Crippen molar-refractivity contribution in [2.45, 2.75) is 19.9 Å². The van der Waals surface area contributed by atoms with E-state index in [1.54, 1.807) is 19.9 Å². The van der Waals surface area contributed by atoms with Gasteiger partial charge >= 0.3 is 11.7 Å². The second-order valence-electron chi connectivity index (χ2n) is 4.07. The van der Waals surface area contributed by atoms with Crippen LogP contribution >= 0.6 is 0 Å². The van der Waals surface area contributed by atoms with E-state index in [0.29, 0.717) is 29.1 Å². The van der Waals surface area contributed by atoms with Crippen LogP contribution in [0.2, 0.25) is 0 Å². The monoisotopic (exact) mass is 265 g/mol. The van der Waals surface area contributed by atoms with Crippen molar-refractivity contribution < 1.29 is 13.9 Å². The first-order chi connectivity index (χ1) is 9.01. The van der Waals surface area contributed by atoms with E-state index in [9.17, 15) is 9.59 Å². The zero-order valence-corrected chi connectivity index (χ0v) is 10.6. The zero-order chi connectivity index (χ0) is 14.0. The van der Waals surface area contributed by atoms with Crippen molar-refractivity contribution in [3.05, 3.63) is 22.7 Å². The minimum absolute atomic E-state index is 0.314. The van der Waals surface area contributed by atoms with Crippen LogP contribution in [0.3, 0.4) is 0 Å². The summed E-state index contributed by atoms with van der Waals surface area (Å²) in [7, 11) is 0. The summed E-state index contributed by atoms with van der Waals surface area (Å²) < 4.78 is 9.77. The van der Waals surface area contributed by atoms with Gasteiger partial charge in [0.1, 0.15) is 6.04 Å². The number of hydrogen-bond donors (Lipinski definition) is 3. The normalized spacial score (nSPS) is 12.3. The molecule has 7 heteroatoms. The standard InChI is InChI=1S/C12H15N3O4/c1-3-18-11(16)6(2)14-8-5-9-10(4-7(8)13)19-12(17)15-9/h4-6,14H,3,13H2,1-2H3,(H,15,17). The maximum Gasteiger partial charge on any atom is 0.417 e. The minimum Gasteiger partial charge on any atom is -0.464 e. The number of H-pyrrole nitrogens is 1. The minimum atomic E-state index is -0.551. The number of nitrogens with one attached hydrogen (secondary N) is 2. The molecule has 4 N–H and O–H groups in total. The third-order valence-corrected chi connectivity index (χ3v) is 2.60. The number of nitrogen functional groups attached to an aromatic ring is 1. The molecule has 102 valence electrons. The van der Waals surface area contributed by atoms with Crippen molar-refractivity contribution in [3.8, 4) is 0 Å². The largest absolute Gasteiger partial charge is 0.464 e. The smallest absolute Gasteiger partial charge is 0.417 e. The summed E-state index contributed by atoms with van der Waals surface area (Å²) in [6.45, 7) is 3.72. The van der Waals surface area contributed by atoms with Crippen LogP contribution < -0.4 is 16.8 Å². The van der Waals surface area contributed by atoms with Crippen LogP contribution in [0.15, 0.2) is 21.3 Å². The Labute approximate surface area is 108 Å². The average molecular weight is 265 g/mol. The molecule has 0 bridgehead atoms. The van der Waals surface area contributed by atoms with E-state index in [1.807, 2.05) is 0 Å². The van der Waals surface area contributed by atoms with Gasteiger partial charge in [-0.3, -0.25) is 4.98 Å². The third-order valence-electron chi connectivity index (χ3n) is 2.60. The average Bonchev–Trinajstić information content (AvgIpc) is 2.69. The Morgan fingerprint density at radius 1 is 1.58 bits per heavy atom. The van der Waals surface area contributed by atoms with E-state index >= 15 is 0 Å². The highest BCUT2D eigenvalue weighted by molar-refractivity contribution is 5.87. The summed E-state index contributed by atoms with van der Waals surface area (Å²) in [5, 5.41) is 2.93. The Balaban J connectivity index is 2.27. The van der Waals surface area contributed by atoms with Crippen LogP contribution in [0.25, 0.3) is 11.1 Å². The van der Waals surface area contributed by atoms with Crippen LogP contribution in [0.5, 0.6) is 0 Å². The highest BCUT2D eigenvalue weighted by Crippen LogP contribution is 2.25. The van der Waals surface area contributed by atoms with Crippen LogP contribution in [0.4, 0.5) is 11.4 Å². The van der Waals surface area contributed by atoms with E-state index in [2.05, 4.69) is 10.3 Å². The number of rotatable bonds is 4. The Morgan fingerprint density at radius 2 is 2.32 bits per heavy atom. The van der Waals surface area contributed by atoms with Crippen molar-refractivity contribution in [2.75, 3.05) is 17.7 Å². The van der Waals surface area contributed by atoms with Crippen LogP contribution in [-0.2, 0) is 9.53 Å². The van der Waals surface area contributed by atoms with Crippen molar-refractivity contribution in [2.24, 2.45) is 0 Å². The molecular weight excluding hydrogens is 250 g/mol. The van der Waals surface area contributed by atoms with Gasteiger partial charge in [0, 0.05) is 6.07 Å². The molecule has 0 fully saturated rings. The number of aromatic amines is 1. The lowest BCUT2D eigenvalue weighted by molar-refractivity contribution is -0.143. The van der Waals surface area contributed by atoms with Gasteiger partial charge in [-0.2, -0.15) is 0 Å². The quantitative estimate of drug-likeness (QED) is 0.563. The van der Waals surface area contributed by atoms with E-state index in [0.717, 1.165) is 0 Å². The summed E-state index contributed by atoms with van der Waals surface area (Å²) in [6.07, 6.45) is 0.